The van der Waals surface area contributed by atoms with Crippen molar-refractivity contribution in [2.75, 3.05) is 29.9 Å². The Morgan fingerprint density at radius 2 is 1.67 bits per heavy atom. The van der Waals surface area contributed by atoms with Crippen LogP contribution in [0.5, 0.6) is 0 Å². The number of hydrogen-bond acceptors (Lipinski definition) is 5. The number of hydroxylamine groups is 1. The van der Waals surface area contributed by atoms with Crippen molar-refractivity contribution in [2.45, 2.75) is 0 Å². The lowest BCUT2D eigenvalue weighted by Crippen LogP contribution is -2.35. The van der Waals surface area contributed by atoms with Gasteiger partial charge in [0.2, 0.25) is 5.91 Å². The fourth-order valence-corrected chi connectivity index (χ4v) is 2.20. The third-order valence-corrected chi connectivity index (χ3v) is 3.36. The van der Waals surface area contributed by atoms with Gasteiger partial charge in [-0.2, -0.15) is 0 Å². The first-order valence-electron chi connectivity index (χ1n) is 7.39. The van der Waals surface area contributed by atoms with E-state index in [2.05, 4.69) is 5.32 Å². The topological polar surface area (TPSA) is 102 Å². The SMILES string of the molecule is O=C(CN(CCO)c1ccccc1)Nc1ccc(C(=O)NO)cc1. The third kappa shape index (κ3) is 4.80. The van der Waals surface area contributed by atoms with Crippen molar-refractivity contribution >= 4 is 23.2 Å². The van der Waals surface area contributed by atoms with Gasteiger partial charge in [-0.05, 0) is 36.4 Å². The van der Waals surface area contributed by atoms with Gasteiger partial charge in [-0.25, -0.2) is 5.48 Å². The van der Waals surface area contributed by atoms with Crippen molar-refractivity contribution < 1.29 is 19.9 Å². The molecule has 0 heterocycles. The predicted octanol–water partition coefficient (Wildman–Crippen LogP) is 1.24. The van der Waals surface area contributed by atoms with Crippen molar-refractivity contribution in [3.8, 4) is 0 Å². The first-order chi connectivity index (χ1) is 11.6. The van der Waals surface area contributed by atoms with Crippen LogP contribution in [-0.4, -0.2) is 41.8 Å². The Morgan fingerprint density at radius 3 is 2.25 bits per heavy atom. The number of nitrogens with zero attached hydrogens (tertiary/aromatic N) is 1. The number of aliphatic hydroxyl groups is 1. The zero-order valence-electron chi connectivity index (χ0n) is 13.0. The highest BCUT2D eigenvalue weighted by atomic mass is 16.5. The second-order valence-corrected chi connectivity index (χ2v) is 5.05. The Labute approximate surface area is 139 Å². The summed E-state index contributed by atoms with van der Waals surface area (Å²) in [5, 5.41) is 20.5. The lowest BCUT2D eigenvalue weighted by Gasteiger charge is -2.23. The fourth-order valence-electron chi connectivity index (χ4n) is 2.20. The number of carbonyl (C=O) groups is 2. The summed E-state index contributed by atoms with van der Waals surface area (Å²) in [7, 11) is 0. The Hall–Kier alpha value is -2.90. The van der Waals surface area contributed by atoms with Crippen LogP contribution in [0, 0.1) is 0 Å². The first kappa shape index (κ1) is 17.5. The maximum absolute atomic E-state index is 12.2. The molecule has 0 spiro atoms. The number of carbonyl (C=O) groups excluding carboxylic acids is 2. The molecule has 0 atom stereocenters. The molecule has 2 amide bonds. The van der Waals surface area contributed by atoms with Crippen LogP contribution in [0.1, 0.15) is 10.4 Å². The summed E-state index contributed by atoms with van der Waals surface area (Å²) in [5.74, 6) is -0.863. The van der Waals surface area contributed by atoms with E-state index in [1.165, 1.54) is 12.1 Å². The fraction of sp³-hybridized carbons (Fsp3) is 0.176. The molecule has 0 saturated carbocycles. The molecular formula is C17H19N3O4. The summed E-state index contributed by atoms with van der Waals surface area (Å²) >= 11 is 0. The third-order valence-electron chi connectivity index (χ3n) is 3.36. The first-order valence-corrected chi connectivity index (χ1v) is 7.39. The number of rotatable bonds is 7. The van der Waals surface area contributed by atoms with E-state index >= 15 is 0 Å². The molecule has 0 radical (unpaired) electrons. The van der Waals surface area contributed by atoms with Crippen molar-refractivity contribution in [1.29, 1.82) is 0 Å². The largest absolute Gasteiger partial charge is 0.395 e. The van der Waals surface area contributed by atoms with Gasteiger partial charge in [0.1, 0.15) is 0 Å². The number of nitrogens with one attached hydrogen (secondary N) is 2. The summed E-state index contributed by atoms with van der Waals surface area (Å²) in [6, 6.07) is 15.5. The van der Waals surface area contributed by atoms with Crippen molar-refractivity contribution in [2.24, 2.45) is 0 Å². The zero-order valence-corrected chi connectivity index (χ0v) is 13.0. The van der Waals surface area contributed by atoms with Gasteiger partial charge in [0, 0.05) is 23.5 Å². The molecule has 0 aliphatic rings. The predicted molar refractivity (Wildman–Crippen MR) is 90.1 cm³/mol. The second kappa shape index (κ2) is 8.66. The van der Waals surface area contributed by atoms with E-state index in [0.29, 0.717) is 12.2 Å². The van der Waals surface area contributed by atoms with Crippen molar-refractivity contribution in [1.82, 2.24) is 5.48 Å². The number of benzene rings is 2. The lowest BCUT2D eigenvalue weighted by atomic mass is 10.2. The minimum atomic E-state index is -0.619. The van der Waals surface area contributed by atoms with E-state index in [-0.39, 0.29) is 24.6 Å². The summed E-state index contributed by atoms with van der Waals surface area (Å²) < 4.78 is 0. The average molecular weight is 329 g/mol. The van der Waals surface area contributed by atoms with E-state index in [1.807, 2.05) is 30.3 Å². The maximum atomic E-state index is 12.2. The van der Waals surface area contributed by atoms with Crippen LogP contribution in [0.25, 0.3) is 0 Å². The van der Waals surface area contributed by atoms with E-state index in [4.69, 9.17) is 5.21 Å². The monoisotopic (exact) mass is 329 g/mol. The summed E-state index contributed by atoms with van der Waals surface area (Å²) in [5.41, 5.74) is 3.20. The van der Waals surface area contributed by atoms with Crippen LogP contribution < -0.4 is 15.7 Å². The molecule has 0 unspecified atom stereocenters. The molecule has 2 rings (SSSR count). The number of hydrogen-bond donors (Lipinski definition) is 4. The summed E-state index contributed by atoms with van der Waals surface area (Å²) in [4.78, 5) is 25.2. The van der Waals surface area contributed by atoms with Gasteiger partial charge in [0.15, 0.2) is 0 Å². The second-order valence-electron chi connectivity index (χ2n) is 5.05. The van der Waals surface area contributed by atoms with E-state index in [1.54, 1.807) is 22.5 Å². The smallest absolute Gasteiger partial charge is 0.274 e. The van der Waals surface area contributed by atoms with E-state index in [0.717, 1.165) is 5.69 Å². The van der Waals surface area contributed by atoms with E-state index < -0.39 is 5.91 Å². The maximum Gasteiger partial charge on any atom is 0.274 e. The molecule has 7 heteroatoms. The van der Waals surface area contributed by atoms with Gasteiger partial charge in [-0.3, -0.25) is 14.8 Å². The molecule has 0 aliphatic carbocycles. The Bertz CT molecular complexity index is 674. The highest BCUT2D eigenvalue weighted by Gasteiger charge is 2.11. The van der Waals surface area contributed by atoms with Crippen LogP contribution in [0.2, 0.25) is 0 Å². The van der Waals surface area contributed by atoms with Gasteiger partial charge < -0.3 is 15.3 Å². The molecular weight excluding hydrogens is 310 g/mol. The number of amides is 2. The van der Waals surface area contributed by atoms with Gasteiger partial charge in [0.05, 0.1) is 13.2 Å². The number of anilines is 2. The summed E-state index contributed by atoms with van der Waals surface area (Å²) in [6.45, 7) is 0.365. The Balaban J connectivity index is 1.99. The van der Waals surface area contributed by atoms with Crippen LogP contribution >= 0.6 is 0 Å². The average Bonchev–Trinajstić information content (AvgIpc) is 2.62. The quantitative estimate of drug-likeness (QED) is 0.452. The lowest BCUT2D eigenvalue weighted by molar-refractivity contribution is -0.115. The molecule has 0 saturated heterocycles. The normalized spacial score (nSPS) is 10.1. The molecule has 7 nitrogen and oxygen atoms in total. The minimum Gasteiger partial charge on any atom is -0.395 e. The van der Waals surface area contributed by atoms with Crippen LogP contribution in [0.4, 0.5) is 11.4 Å². The molecule has 126 valence electrons. The van der Waals surface area contributed by atoms with Crippen LogP contribution in [0.3, 0.4) is 0 Å². The summed E-state index contributed by atoms with van der Waals surface area (Å²) in [6.07, 6.45) is 0. The molecule has 0 aliphatic heterocycles. The minimum absolute atomic E-state index is 0.0624. The van der Waals surface area contributed by atoms with Gasteiger partial charge in [-0.15, -0.1) is 0 Å². The molecule has 2 aromatic carbocycles. The van der Waals surface area contributed by atoms with Crippen LogP contribution in [0.15, 0.2) is 54.6 Å². The van der Waals surface area contributed by atoms with Crippen LogP contribution in [-0.2, 0) is 4.79 Å². The molecule has 0 aromatic heterocycles. The highest BCUT2D eigenvalue weighted by molar-refractivity contribution is 5.96. The molecule has 24 heavy (non-hydrogen) atoms. The zero-order chi connectivity index (χ0) is 17.4. The molecule has 0 bridgehead atoms. The standard InChI is InChI=1S/C17H19N3O4/c21-11-10-20(15-4-2-1-3-5-15)12-16(22)18-14-8-6-13(7-9-14)17(23)19-24/h1-9,21,24H,10-12H2,(H,18,22)(H,19,23). The number of para-hydroxylation sites is 1. The molecule has 4 N–H and O–H groups in total. The molecule has 0 fully saturated rings. The Kier molecular flexibility index (Phi) is 6.30. The molecule has 2 aromatic rings. The van der Waals surface area contributed by atoms with Crippen molar-refractivity contribution in [3.05, 3.63) is 60.2 Å². The number of aliphatic hydroxyl groups excluding tert-OH is 1. The highest BCUT2D eigenvalue weighted by Crippen LogP contribution is 2.14. The van der Waals surface area contributed by atoms with Gasteiger partial charge >= 0.3 is 0 Å². The van der Waals surface area contributed by atoms with Crippen molar-refractivity contribution in [3.63, 3.8) is 0 Å². The Morgan fingerprint density at radius 1 is 1.00 bits per heavy atom. The van der Waals surface area contributed by atoms with Gasteiger partial charge in [0.25, 0.3) is 5.91 Å². The van der Waals surface area contributed by atoms with Gasteiger partial charge in [-0.1, -0.05) is 18.2 Å². The van der Waals surface area contributed by atoms with E-state index in [9.17, 15) is 14.7 Å².